The number of aryl methyl sites for hydroxylation is 1. The van der Waals surface area contributed by atoms with Crippen LogP contribution in [0.1, 0.15) is 27.4 Å². The monoisotopic (exact) mass is 341 g/mol. The molecule has 6 nitrogen and oxygen atoms in total. The highest BCUT2D eigenvalue weighted by molar-refractivity contribution is 6.14. The summed E-state index contributed by atoms with van der Waals surface area (Å²) in [6.07, 6.45) is 1.57. The van der Waals surface area contributed by atoms with Crippen molar-refractivity contribution in [1.29, 1.82) is 0 Å². The second kappa shape index (κ2) is 6.38. The Morgan fingerprint density at radius 1 is 1.20 bits per heavy atom. The molecule has 0 saturated carbocycles. The molecule has 3 heterocycles. The Kier molecular flexibility index (Phi) is 4.07. The summed E-state index contributed by atoms with van der Waals surface area (Å²) in [6, 6.07) is 6.60. The van der Waals surface area contributed by atoms with E-state index in [9.17, 15) is 9.90 Å². The Morgan fingerprint density at radius 3 is 2.72 bits per heavy atom. The fourth-order valence-electron chi connectivity index (χ4n) is 3.20. The fraction of sp³-hybridized carbons (Fsp3) is 0.316. The Bertz CT molecular complexity index is 845. The quantitative estimate of drug-likeness (QED) is 0.832. The summed E-state index contributed by atoms with van der Waals surface area (Å²) < 4.78 is 16.6. The van der Waals surface area contributed by atoms with Gasteiger partial charge in [0.25, 0.3) is 0 Å². The van der Waals surface area contributed by atoms with Crippen molar-refractivity contribution < 1.29 is 28.7 Å². The van der Waals surface area contributed by atoms with Crippen LogP contribution < -0.4 is 14.7 Å². The number of allylic oxidation sites excluding steroid dienone is 1. The van der Waals surface area contributed by atoms with Gasteiger partial charge in [-0.3, -0.25) is 4.79 Å². The molecule has 1 aromatic heterocycles. The van der Waals surface area contributed by atoms with Gasteiger partial charge in [-0.2, -0.15) is 0 Å². The number of quaternary nitrogens is 1. The first kappa shape index (κ1) is 15.9. The number of hydrogen-bond acceptors (Lipinski definition) is 5. The molecule has 0 bridgehead atoms. The molecule has 0 spiro atoms. The molecule has 1 N–H and O–H groups in total. The fourth-order valence-corrected chi connectivity index (χ4v) is 3.20. The van der Waals surface area contributed by atoms with Crippen LogP contribution in [0.2, 0.25) is 0 Å². The predicted octanol–water partition coefficient (Wildman–Crippen LogP) is 0.693. The van der Waals surface area contributed by atoms with Crippen molar-refractivity contribution in [3.63, 3.8) is 0 Å². The molecule has 1 fully saturated rings. The van der Waals surface area contributed by atoms with Crippen molar-refractivity contribution in [1.82, 2.24) is 0 Å². The number of ether oxygens (including phenoxy) is 2. The van der Waals surface area contributed by atoms with Gasteiger partial charge in [0, 0.05) is 11.6 Å². The maximum atomic E-state index is 12.6. The van der Waals surface area contributed by atoms with E-state index in [1.54, 1.807) is 18.2 Å². The van der Waals surface area contributed by atoms with Crippen LogP contribution >= 0.6 is 0 Å². The van der Waals surface area contributed by atoms with Crippen LogP contribution in [0.4, 0.5) is 0 Å². The molecule has 2 aromatic rings. The highest BCUT2D eigenvalue weighted by Crippen LogP contribution is 2.38. The summed E-state index contributed by atoms with van der Waals surface area (Å²) in [6.45, 7) is 5.41. The van der Waals surface area contributed by atoms with E-state index >= 15 is 0 Å². The number of morpholine rings is 1. The SMILES string of the molecule is Cc1ccc(C=C2Oc3c(ccc([O-])c3C[NH+]3CCOCC3)C2=O)o1. The second-order valence-electron chi connectivity index (χ2n) is 6.35. The predicted molar refractivity (Wildman–Crippen MR) is 87.5 cm³/mol. The van der Waals surface area contributed by atoms with Gasteiger partial charge in [-0.1, -0.05) is 11.8 Å². The van der Waals surface area contributed by atoms with E-state index in [1.807, 2.05) is 13.0 Å². The van der Waals surface area contributed by atoms with Gasteiger partial charge < -0.3 is 23.9 Å². The number of Topliss-reactive ketones (excluding diaryl/α,β-unsaturated/α-hetero) is 1. The molecule has 0 unspecified atom stereocenters. The summed E-state index contributed by atoms with van der Waals surface area (Å²) >= 11 is 0. The molecule has 0 amide bonds. The normalized spacial score (nSPS) is 19.2. The zero-order valence-corrected chi connectivity index (χ0v) is 14.0. The maximum absolute atomic E-state index is 12.6. The molecule has 1 saturated heterocycles. The highest BCUT2D eigenvalue weighted by Gasteiger charge is 2.31. The van der Waals surface area contributed by atoms with Crippen LogP contribution in [-0.2, 0) is 11.3 Å². The summed E-state index contributed by atoms with van der Waals surface area (Å²) in [7, 11) is 0. The maximum Gasteiger partial charge on any atom is 0.232 e. The number of benzene rings is 1. The molecule has 4 rings (SSSR count). The zero-order chi connectivity index (χ0) is 17.4. The van der Waals surface area contributed by atoms with E-state index in [0.717, 1.165) is 18.8 Å². The van der Waals surface area contributed by atoms with E-state index < -0.39 is 0 Å². The average molecular weight is 341 g/mol. The summed E-state index contributed by atoms with van der Waals surface area (Å²) in [5, 5.41) is 12.4. The number of ketones is 1. The Morgan fingerprint density at radius 2 is 2.00 bits per heavy atom. The number of rotatable bonds is 3. The summed E-state index contributed by atoms with van der Waals surface area (Å²) in [4.78, 5) is 13.9. The lowest BCUT2D eigenvalue weighted by Crippen LogP contribution is -3.12. The van der Waals surface area contributed by atoms with Crippen molar-refractivity contribution in [2.45, 2.75) is 13.5 Å². The van der Waals surface area contributed by atoms with Crippen LogP contribution in [0, 0.1) is 6.92 Å². The van der Waals surface area contributed by atoms with Gasteiger partial charge in [0.15, 0.2) is 5.76 Å². The van der Waals surface area contributed by atoms with Gasteiger partial charge in [0.2, 0.25) is 5.78 Å². The average Bonchev–Trinajstić information content (AvgIpc) is 3.16. The third-order valence-corrected chi connectivity index (χ3v) is 4.56. The molecule has 0 atom stereocenters. The second-order valence-corrected chi connectivity index (χ2v) is 6.35. The minimum absolute atomic E-state index is 0.0966. The third kappa shape index (κ3) is 3.06. The standard InChI is InChI=1S/C19H19NO5/c1-12-2-3-13(24-12)10-17-18(22)14-4-5-16(21)15(19(14)25-17)11-20-6-8-23-9-7-20/h2-5,10,21H,6-9,11H2,1H3. The Labute approximate surface area is 145 Å². The van der Waals surface area contributed by atoms with Crippen molar-refractivity contribution in [2.75, 3.05) is 26.3 Å². The smallest absolute Gasteiger partial charge is 0.232 e. The molecule has 25 heavy (non-hydrogen) atoms. The number of nitrogens with one attached hydrogen (secondary N) is 1. The van der Waals surface area contributed by atoms with E-state index in [2.05, 4.69) is 0 Å². The summed E-state index contributed by atoms with van der Waals surface area (Å²) in [5.74, 6) is 1.58. The van der Waals surface area contributed by atoms with Crippen LogP contribution in [0.5, 0.6) is 11.5 Å². The molecular formula is C19H19NO5. The van der Waals surface area contributed by atoms with Crippen LogP contribution in [0.15, 0.2) is 34.4 Å². The zero-order valence-electron chi connectivity index (χ0n) is 14.0. The topological polar surface area (TPSA) is 76.2 Å². The molecule has 2 aliphatic heterocycles. The minimum Gasteiger partial charge on any atom is -0.872 e. The molecule has 0 radical (unpaired) electrons. The first-order valence-corrected chi connectivity index (χ1v) is 8.37. The number of hydrogen-bond donors (Lipinski definition) is 1. The van der Waals surface area contributed by atoms with Crippen molar-refractivity contribution in [2.24, 2.45) is 0 Å². The van der Waals surface area contributed by atoms with E-state index in [1.165, 1.54) is 11.0 Å². The van der Waals surface area contributed by atoms with Crippen molar-refractivity contribution >= 4 is 11.9 Å². The van der Waals surface area contributed by atoms with E-state index in [0.29, 0.717) is 42.4 Å². The van der Waals surface area contributed by atoms with Crippen molar-refractivity contribution in [3.05, 3.63) is 52.7 Å². The first-order valence-electron chi connectivity index (χ1n) is 8.37. The number of fused-ring (bicyclic) bond motifs is 1. The molecular weight excluding hydrogens is 322 g/mol. The molecule has 2 aliphatic rings. The molecule has 6 heteroatoms. The Hall–Kier alpha value is -2.57. The van der Waals surface area contributed by atoms with Gasteiger partial charge in [0.05, 0.1) is 18.8 Å². The molecule has 1 aromatic carbocycles. The van der Waals surface area contributed by atoms with Gasteiger partial charge in [0.1, 0.15) is 36.9 Å². The third-order valence-electron chi connectivity index (χ3n) is 4.56. The van der Waals surface area contributed by atoms with Crippen LogP contribution in [0.3, 0.4) is 0 Å². The lowest BCUT2D eigenvalue weighted by Gasteiger charge is -2.26. The molecule has 130 valence electrons. The van der Waals surface area contributed by atoms with Gasteiger partial charge in [-0.25, -0.2) is 0 Å². The number of furan rings is 1. The minimum atomic E-state index is -0.220. The highest BCUT2D eigenvalue weighted by atomic mass is 16.5. The lowest BCUT2D eigenvalue weighted by molar-refractivity contribution is -0.921. The Balaban J connectivity index is 1.65. The van der Waals surface area contributed by atoms with Gasteiger partial charge >= 0.3 is 0 Å². The summed E-state index contributed by atoms with van der Waals surface area (Å²) in [5.41, 5.74) is 0.999. The number of carbonyl (C=O) groups excluding carboxylic acids is 1. The van der Waals surface area contributed by atoms with Crippen molar-refractivity contribution in [3.8, 4) is 11.5 Å². The number of carbonyl (C=O) groups is 1. The van der Waals surface area contributed by atoms with Crippen LogP contribution in [0.25, 0.3) is 6.08 Å². The van der Waals surface area contributed by atoms with Gasteiger partial charge in [-0.05, 0) is 25.1 Å². The van der Waals surface area contributed by atoms with Crippen LogP contribution in [-0.4, -0.2) is 32.1 Å². The van der Waals surface area contributed by atoms with E-state index in [-0.39, 0.29) is 17.3 Å². The lowest BCUT2D eigenvalue weighted by atomic mass is 10.0. The molecule has 0 aliphatic carbocycles. The largest absolute Gasteiger partial charge is 0.872 e. The van der Waals surface area contributed by atoms with E-state index in [4.69, 9.17) is 13.9 Å². The van der Waals surface area contributed by atoms with Gasteiger partial charge in [-0.15, -0.1) is 0 Å². The first-order chi connectivity index (χ1) is 12.1.